The van der Waals surface area contributed by atoms with Crippen LogP contribution in [0.15, 0.2) is 24.3 Å². The molecule has 1 atom stereocenters. The number of piperidine rings is 1. The first-order valence-corrected chi connectivity index (χ1v) is 7.95. The van der Waals surface area contributed by atoms with E-state index in [9.17, 15) is 12.8 Å². The highest BCUT2D eigenvalue weighted by Crippen LogP contribution is 2.21. The van der Waals surface area contributed by atoms with E-state index in [4.69, 9.17) is 5.11 Å². The summed E-state index contributed by atoms with van der Waals surface area (Å²) in [6.45, 7) is 0.842. The van der Waals surface area contributed by atoms with Gasteiger partial charge in [0.2, 0.25) is 10.0 Å². The van der Waals surface area contributed by atoms with Crippen molar-refractivity contribution in [2.45, 2.75) is 18.6 Å². The first kappa shape index (κ1) is 14.4. The molecule has 1 unspecified atom stereocenters. The van der Waals surface area contributed by atoms with E-state index >= 15 is 0 Å². The molecule has 0 spiro atoms. The highest BCUT2D eigenvalue weighted by Gasteiger charge is 2.28. The highest BCUT2D eigenvalue weighted by molar-refractivity contribution is 7.88. The van der Waals surface area contributed by atoms with Crippen molar-refractivity contribution in [2.24, 2.45) is 5.92 Å². The molecule has 2 rings (SSSR count). The minimum Gasteiger partial charge on any atom is -0.396 e. The smallest absolute Gasteiger partial charge is 0.218 e. The first-order valence-electron chi connectivity index (χ1n) is 6.34. The Balaban J connectivity index is 2.09. The van der Waals surface area contributed by atoms with Gasteiger partial charge in [-0.25, -0.2) is 17.1 Å². The third-order valence-corrected chi connectivity index (χ3v) is 5.19. The van der Waals surface area contributed by atoms with Crippen LogP contribution < -0.4 is 0 Å². The molecule has 1 heterocycles. The normalized spacial score (nSPS) is 21.5. The van der Waals surface area contributed by atoms with Gasteiger partial charge in [0.25, 0.3) is 0 Å². The molecular formula is C13H18FNO3S. The van der Waals surface area contributed by atoms with Crippen LogP contribution in [-0.4, -0.2) is 37.5 Å². The van der Waals surface area contributed by atoms with Crippen molar-refractivity contribution in [1.29, 1.82) is 0 Å². The molecule has 19 heavy (non-hydrogen) atoms. The fraction of sp³-hybridized carbons (Fsp3) is 0.538. The minimum absolute atomic E-state index is 0.00594. The first-order chi connectivity index (χ1) is 9.01. The molecular weight excluding hydrogens is 269 g/mol. The lowest BCUT2D eigenvalue weighted by molar-refractivity contribution is 0.165. The van der Waals surface area contributed by atoms with E-state index in [1.165, 1.54) is 22.5 Å². The maximum absolute atomic E-state index is 13.1. The second-order valence-corrected chi connectivity index (χ2v) is 6.90. The summed E-state index contributed by atoms with van der Waals surface area (Å²) < 4.78 is 39.0. The zero-order valence-corrected chi connectivity index (χ0v) is 11.4. The number of halogens is 1. The third kappa shape index (κ3) is 3.75. The molecule has 1 aliphatic heterocycles. The number of rotatable bonds is 4. The summed E-state index contributed by atoms with van der Waals surface area (Å²) in [5.41, 5.74) is 0.450. The van der Waals surface area contributed by atoms with Gasteiger partial charge in [-0.15, -0.1) is 0 Å². The summed E-state index contributed by atoms with van der Waals surface area (Å²) in [4.78, 5) is 0. The van der Waals surface area contributed by atoms with Crippen LogP contribution >= 0.6 is 0 Å². The summed E-state index contributed by atoms with van der Waals surface area (Å²) >= 11 is 0. The van der Waals surface area contributed by atoms with Crippen LogP contribution in [-0.2, 0) is 15.8 Å². The van der Waals surface area contributed by atoms with Crippen LogP contribution in [0.1, 0.15) is 18.4 Å². The summed E-state index contributed by atoms with van der Waals surface area (Å²) in [7, 11) is -3.44. The predicted octanol–water partition coefficient (Wildman–Crippen LogP) is 1.36. The number of hydrogen-bond acceptors (Lipinski definition) is 3. The van der Waals surface area contributed by atoms with E-state index in [2.05, 4.69) is 0 Å². The van der Waals surface area contributed by atoms with Crippen molar-refractivity contribution in [2.75, 3.05) is 19.7 Å². The van der Waals surface area contributed by atoms with Crippen molar-refractivity contribution in [3.63, 3.8) is 0 Å². The van der Waals surface area contributed by atoms with E-state index in [1.807, 2.05) is 0 Å². The monoisotopic (exact) mass is 287 g/mol. The lowest BCUT2D eigenvalue weighted by atomic mass is 10.0. The molecule has 6 heteroatoms. The van der Waals surface area contributed by atoms with Crippen molar-refractivity contribution < 1.29 is 17.9 Å². The zero-order valence-electron chi connectivity index (χ0n) is 10.6. The average Bonchev–Trinajstić information content (AvgIpc) is 2.38. The van der Waals surface area contributed by atoms with E-state index in [-0.39, 0.29) is 18.3 Å². The molecule has 0 amide bonds. The van der Waals surface area contributed by atoms with Gasteiger partial charge in [-0.05, 0) is 36.5 Å². The third-order valence-electron chi connectivity index (χ3n) is 3.37. The molecule has 1 saturated heterocycles. The average molecular weight is 287 g/mol. The molecule has 0 bridgehead atoms. The zero-order chi connectivity index (χ0) is 13.9. The standard InChI is InChI=1S/C13H18FNO3S/c14-13-5-1-3-11(7-13)10-19(17,18)15-6-2-4-12(8-15)9-16/h1,3,5,7,12,16H,2,4,6,8-10H2. The number of benzene rings is 1. The molecule has 0 radical (unpaired) electrons. The minimum atomic E-state index is -3.44. The Bertz CT molecular complexity index is 532. The molecule has 1 fully saturated rings. The fourth-order valence-corrected chi connectivity index (χ4v) is 3.99. The van der Waals surface area contributed by atoms with Crippen LogP contribution in [0, 0.1) is 11.7 Å². The van der Waals surface area contributed by atoms with Gasteiger partial charge in [-0.1, -0.05) is 12.1 Å². The van der Waals surface area contributed by atoms with Gasteiger partial charge in [0.05, 0.1) is 5.75 Å². The van der Waals surface area contributed by atoms with Crippen LogP contribution in [0.3, 0.4) is 0 Å². The number of sulfonamides is 1. The molecule has 0 saturated carbocycles. The topological polar surface area (TPSA) is 57.6 Å². The van der Waals surface area contributed by atoms with Gasteiger partial charge in [-0.3, -0.25) is 0 Å². The highest BCUT2D eigenvalue weighted by atomic mass is 32.2. The molecule has 0 aromatic heterocycles. The Morgan fingerprint density at radius 3 is 2.89 bits per heavy atom. The van der Waals surface area contributed by atoms with Gasteiger partial charge in [0, 0.05) is 19.7 Å². The van der Waals surface area contributed by atoms with Crippen molar-refractivity contribution in [3.8, 4) is 0 Å². The lowest BCUT2D eigenvalue weighted by Gasteiger charge is -2.31. The molecule has 1 aromatic carbocycles. The Morgan fingerprint density at radius 1 is 1.42 bits per heavy atom. The van der Waals surface area contributed by atoms with Gasteiger partial charge in [0.1, 0.15) is 5.82 Å². The maximum atomic E-state index is 13.1. The largest absolute Gasteiger partial charge is 0.396 e. The van der Waals surface area contributed by atoms with Crippen molar-refractivity contribution in [1.82, 2.24) is 4.31 Å². The van der Waals surface area contributed by atoms with Crippen LogP contribution in [0.4, 0.5) is 4.39 Å². The molecule has 1 aliphatic rings. The Labute approximate surface area is 112 Å². The van der Waals surface area contributed by atoms with Gasteiger partial charge in [0.15, 0.2) is 0 Å². The van der Waals surface area contributed by atoms with Crippen LogP contribution in [0.25, 0.3) is 0 Å². The van der Waals surface area contributed by atoms with Crippen LogP contribution in [0.5, 0.6) is 0 Å². The summed E-state index contributed by atoms with van der Waals surface area (Å²) in [5, 5.41) is 9.13. The number of aliphatic hydroxyl groups excluding tert-OH is 1. The van der Waals surface area contributed by atoms with Gasteiger partial charge >= 0.3 is 0 Å². The lowest BCUT2D eigenvalue weighted by Crippen LogP contribution is -2.41. The van der Waals surface area contributed by atoms with Gasteiger partial charge in [-0.2, -0.15) is 0 Å². The SMILES string of the molecule is O=S(=O)(Cc1cccc(F)c1)N1CCCC(CO)C1. The van der Waals surface area contributed by atoms with Crippen molar-refractivity contribution >= 4 is 10.0 Å². The number of hydrogen-bond donors (Lipinski definition) is 1. The molecule has 0 aliphatic carbocycles. The van der Waals surface area contributed by atoms with E-state index in [0.717, 1.165) is 12.8 Å². The summed E-state index contributed by atoms with van der Waals surface area (Å²) in [6, 6.07) is 5.64. The Morgan fingerprint density at radius 2 is 2.21 bits per heavy atom. The molecule has 1 aromatic rings. The van der Waals surface area contributed by atoms with Crippen LogP contribution in [0.2, 0.25) is 0 Å². The Kier molecular flexibility index (Phi) is 4.54. The summed E-state index contributed by atoms with van der Waals surface area (Å²) in [6.07, 6.45) is 1.61. The van der Waals surface area contributed by atoms with E-state index in [1.54, 1.807) is 6.07 Å². The summed E-state index contributed by atoms with van der Waals surface area (Å²) in [5.74, 6) is -0.612. The second-order valence-electron chi connectivity index (χ2n) is 4.93. The van der Waals surface area contributed by atoms with E-state index < -0.39 is 15.8 Å². The number of nitrogens with zero attached hydrogens (tertiary/aromatic N) is 1. The number of aliphatic hydroxyl groups is 1. The molecule has 4 nitrogen and oxygen atoms in total. The van der Waals surface area contributed by atoms with Gasteiger partial charge < -0.3 is 5.11 Å². The van der Waals surface area contributed by atoms with Crippen molar-refractivity contribution in [3.05, 3.63) is 35.6 Å². The quantitative estimate of drug-likeness (QED) is 0.909. The second kappa shape index (κ2) is 5.98. The molecule has 1 N–H and O–H groups in total. The van der Waals surface area contributed by atoms with E-state index in [0.29, 0.717) is 18.7 Å². The fourth-order valence-electron chi connectivity index (χ4n) is 2.36. The predicted molar refractivity (Wildman–Crippen MR) is 70.4 cm³/mol. The Hall–Kier alpha value is -0.980. The maximum Gasteiger partial charge on any atom is 0.218 e. The molecule has 106 valence electrons.